The van der Waals surface area contributed by atoms with E-state index in [9.17, 15) is 4.79 Å². The van der Waals surface area contributed by atoms with Gasteiger partial charge in [-0.05, 0) is 24.6 Å². The third kappa shape index (κ3) is 4.49. The molecule has 0 aliphatic carbocycles. The number of para-hydroxylation sites is 2. The largest absolute Gasteiger partial charge is 0.457 e. The van der Waals surface area contributed by atoms with Crippen LogP contribution in [0.4, 0.5) is 0 Å². The van der Waals surface area contributed by atoms with Gasteiger partial charge in [0.05, 0.1) is 6.54 Å². The molecule has 0 bridgehead atoms. The number of amides is 1. The maximum Gasteiger partial charge on any atom is 0.276 e. The minimum atomic E-state index is 0.148. The first kappa shape index (κ1) is 17.6. The molecule has 3 aromatic rings. The van der Waals surface area contributed by atoms with E-state index in [-0.39, 0.29) is 5.91 Å². The summed E-state index contributed by atoms with van der Waals surface area (Å²) in [5.74, 6) is 2.87. The van der Waals surface area contributed by atoms with Crippen LogP contribution in [-0.4, -0.2) is 27.5 Å². The molecule has 0 spiro atoms. The second-order valence-corrected chi connectivity index (χ2v) is 7.12. The Hall–Kier alpha value is -2.80. The van der Waals surface area contributed by atoms with Crippen LogP contribution in [0, 0.1) is 0 Å². The molecule has 2 aromatic carbocycles. The van der Waals surface area contributed by atoms with Crippen LogP contribution in [0.25, 0.3) is 0 Å². The van der Waals surface area contributed by atoms with E-state index < -0.39 is 0 Å². The second-order valence-electron chi connectivity index (χ2n) is 6.19. The molecule has 1 amide bonds. The van der Waals surface area contributed by atoms with Crippen LogP contribution in [0.3, 0.4) is 0 Å². The molecule has 4 rings (SSSR count). The summed E-state index contributed by atoms with van der Waals surface area (Å²) < 4.78 is 11.7. The van der Waals surface area contributed by atoms with E-state index in [0.717, 1.165) is 30.0 Å². The van der Waals surface area contributed by atoms with Gasteiger partial charge in [-0.25, -0.2) is 0 Å². The van der Waals surface area contributed by atoms with E-state index in [1.807, 2.05) is 54.6 Å². The highest BCUT2D eigenvalue weighted by Gasteiger charge is 2.22. The Bertz CT molecular complexity index is 914. The standard InChI is InChI=1S/C20H19N3O3S/c24-19-11-6-12-23(19)13-18-21-22-20(26-18)27-14-15-7-4-5-10-17(15)25-16-8-2-1-3-9-16/h1-5,7-10H,6,11-14H2. The molecule has 1 fully saturated rings. The number of thioether (sulfide) groups is 1. The Kier molecular flexibility index (Phi) is 5.39. The lowest BCUT2D eigenvalue weighted by Crippen LogP contribution is -2.23. The quantitative estimate of drug-likeness (QED) is 0.569. The number of nitrogens with zero attached hydrogens (tertiary/aromatic N) is 3. The monoisotopic (exact) mass is 381 g/mol. The maximum absolute atomic E-state index is 11.7. The van der Waals surface area contributed by atoms with Gasteiger partial charge >= 0.3 is 0 Å². The van der Waals surface area contributed by atoms with Crippen molar-refractivity contribution in [2.75, 3.05) is 6.54 Å². The van der Waals surface area contributed by atoms with Crippen LogP contribution in [0.15, 0.2) is 64.2 Å². The number of carbonyl (C=O) groups excluding carboxylic acids is 1. The zero-order valence-electron chi connectivity index (χ0n) is 14.7. The molecule has 1 aromatic heterocycles. The maximum atomic E-state index is 11.7. The average Bonchev–Trinajstić information content (AvgIpc) is 3.31. The molecular formula is C20H19N3O3S. The second kappa shape index (κ2) is 8.26. The molecule has 27 heavy (non-hydrogen) atoms. The topological polar surface area (TPSA) is 68.5 Å². The molecule has 0 unspecified atom stereocenters. The highest BCUT2D eigenvalue weighted by atomic mass is 32.2. The normalized spacial score (nSPS) is 13.9. The van der Waals surface area contributed by atoms with Crippen LogP contribution in [0.1, 0.15) is 24.3 Å². The molecule has 1 saturated heterocycles. The zero-order chi connectivity index (χ0) is 18.5. The highest BCUT2D eigenvalue weighted by molar-refractivity contribution is 7.98. The van der Waals surface area contributed by atoms with Gasteiger partial charge in [0, 0.05) is 24.3 Å². The van der Waals surface area contributed by atoms with Gasteiger partial charge in [0.15, 0.2) is 0 Å². The average molecular weight is 381 g/mol. The molecular weight excluding hydrogens is 362 g/mol. The van der Waals surface area contributed by atoms with E-state index in [1.54, 1.807) is 4.90 Å². The summed E-state index contributed by atoms with van der Waals surface area (Å²) in [5.41, 5.74) is 1.04. The van der Waals surface area contributed by atoms with Crippen molar-refractivity contribution in [3.63, 3.8) is 0 Å². The van der Waals surface area contributed by atoms with Crippen molar-refractivity contribution in [1.29, 1.82) is 0 Å². The van der Waals surface area contributed by atoms with Crippen molar-refractivity contribution >= 4 is 17.7 Å². The number of aromatic nitrogens is 2. The van der Waals surface area contributed by atoms with Crippen molar-refractivity contribution in [1.82, 2.24) is 15.1 Å². The third-order valence-electron chi connectivity index (χ3n) is 4.24. The summed E-state index contributed by atoms with van der Waals surface area (Å²) >= 11 is 1.45. The zero-order valence-corrected chi connectivity index (χ0v) is 15.5. The fourth-order valence-corrected chi connectivity index (χ4v) is 3.64. The Labute approximate surface area is 161 Å². The molecule has 1 aliphatic rings. The Morgan fingerprint density at radius 1 is 1.07 bits per heavy atom. The predicted molar refractivity (Wildman–Crippen MR) is 101 cm³/mol. The number of hydrogen-bond acceptors (Lipinski definition) is 6. The number of ether oxygens (including phenoxy) is 1. The minimum absolute atomic E-state index is 0.148. The lowest BCUT2D eigenvalue weighted by atomic mass is 10.2. The van der Waals surface area contributed by atoms with Gasteiger partial charge in [0.1, 0.15) is 11.5 Å². The van der Waals surface area contributed by atoms with Gasteiger partial charge in [-0.3, -0.25) is 4.79 Å². The molecule has 0 saturated carbocycles. The van der Waals surface area contributed by atoms with Gasteiger partial charge in [-0.2, -0.15) is 0 Å². The first-order valence-electron chi connectivity index (χ1n) is 8.82. The van der Waals surface area contributed by atoms with Crippen LogP contribution in [0.5, 0.6) is 11.5 Å². The number of likely N-dealkylation sites (tertiary alicyclic amines) is 1. The summed E-state index contributed by atoms with van der Waals surface area (Å²) in [5, 5.41) is 8.63. The van der Waals surface area contributed by atoms with E-state index in [2.05, 4.69) is 10.2 Å². The predicted octanol–water partition coefficient (Wildman–Crippen LogP) is 4.28. The molecule has 2 heterocycles. The smallest absolute Gasteiger partial charge is 0.276 e. The Balaban J connectivity index is 1.38. The van der Waals surface area contributed by atoms with Gasteiger partial charge in [-0.1, -0.05) is 48.2 Å². The molecule has 6 nitrogen and oxygen atoms in total. The van der Waals surface area contributed by atoms with Gasteiger partial charge < -0.3 is 14.1 Å². The minimum Gasteiger partial charge on any atom is -0.457 e. The fourth-order valence-electron chi connectivity index (χ4n) is 2.87. The van der Waals surface area contributed by atoms with Crippen molar-refractivity contribution in [2.45, 2.75) is 30.4 Å². The van der Waals surface area contributed by atoms with Crippen LogP contribution in [-0.2, 0) is 17.1 Å². The van der Waals surface area contributed by atoms with Crippen molar-refractivity contribution in [3.05, 3.63) is 66.1 Å². The first-order valence-corrected chi connectivity index (χ1v) is 9.80. The summed E-state index contributed by atoms with van der Waals surface area (Å²) in [7, 11) is 0. The number of carbonyl (C=O) groups is 1. The highest BCUT2D eigenvalue weighted by Crippen LogP contribution is 2.30. The summed E-state index contributed by atoms with van der Waals surface area (Å²) in [6.45, 7) is 1.15. The molecule has 0 N–H and O–H groups in total. The van der Waals surface area contributed by atoms with E-state index >= 15 is 0 Å². The molecule has 1 aliphatic heterocycles. The van der Waals surface area contributed by atoms with Crippen LogP contribution >= 0.6 is 11.8 Å². The third-order valence-corrected chi connectivity index (χ3v) is 5.11. The number of benzene rings is 2. The van der Waals surface area contributed by atoms with Gasteiger partial charge in [0.2, 0.25) is 11.8 Å². The van der Waals surface area contributed by atoms with Crippen molar-refractivity contribution in [2.24, 2.45) is 0 Å². The molecule has 138 valence electrons. The van der Waals surface area contributed by atoms with Crippen LogP contribution in [0.2, 0.25) is 0 Å². The van der Waals surface area contributed by atoms with Crippen molar-refractivity contribution in [3.8, 4) is 11.5 Å². The Morgan fingerprint density at radius 3 is 2.70 bits per heavy atom. The van der Waals surface area contributed by atoms with E-state index in [0.29, 0.717) is 29.8 Å². The van der Waals surface area contributed by atoms with Crippen molar-refractivity contribution < 1.29 is 13.9 Å². The fraction of sp³-hybridized carbons (Fsp3) is 0.250. The van der Waals surface area contributed by atoms with Gasteiger partial charge in [0.25, 0.3) is 5.22 Å². The summed E-state index contributed by atoms with van der Waals surface area (Å²) in [4.78, 5) is 13.5. The first-order chi connectivity index (χ1) is 13.3. The molecule has 0 radical (unpaired) electrons. The molecule has 0 atom stereocenters. The van der Waals surface area contributed by atoms with Gasteiger partial charge in [-0.15, -0.1) is 10.2 Å². The number of hydrogen-bond donors (Lipinski definition) is 0. The van der Waals surface area contributed by atoms with Crippen LogP contribution < -0.4 is 4.74 Å². The summed E-state index contributed by atoms with van der Waals surface area (Å²) in [6.07, 6.45) is 1.50. The van der Waals surface area contributed by atoms with E-state index in [4.69, 9.17) is 9.15 Å². The lowest BCUT2D eigenvalue weighted by molar-refractivity contribution is -0.128. The summed E-state index contributed by atoms with van der Waals surface area (Å²) in [6, 6.07) is 17.6. The Morgan fingerprint density at radius 2 is 1.89 bits per heavy atom. The van der Waals surface area contributed by atoms with E-state index in [1.165, 1.54) is 11.8 Å². The number of rotatable bonds is 7. The lowest BCUT2D eigenvalue weighted by Gasteiger charge is -2.11. The SMILES string of the molecule is O=C1CCCN1Cc1nnc(SCc2ccccc2Oc2ccccc2)o1. The molecule has 7 heteroatoms.